The topological polar surface area (TPSA) is 43.8 Å². The molecule has 0 aliphatic carbocycles. The summed E-state index contributed by atoms with van der Waals surface area (Å²) in [5.74, 6) is 1.80. The van der Waals surface area contributed by atoms with E-state index in [1.54, 1.807) is 0 Å². The van der Waals surface area contributed by atoms with Crippen LogP contribution in [-0.2, 0) is 19.5 Å². The molecule has 0 unspecified atom stereocenters. The zero-order valence-corrected chi connectivity index (χ0v) is 13.4. The number of fused-ring (bicyclic) bond motifs is 1. The van der Waals surface area contributed by atoms with Crippen LogP contribution in [0.15, 0.2) is 18.2 Å². The van der Waals surface area contributed by atoms with Crippen LogP contribution in [0.2, 0.25) is 0 Å². The van der Waals surface area contributed by atoms with Gasteiger partial charge in [0.25, 0.3) is 0 Å². The Labute approximate surface area is 122 Å². The summed E-state index contributed by atoms with van der Waals surface area (Å²) in [6, 6.07) is 6.40. The van der Waals surface area contributed by atoms with Gasteiger partial charge in [0.2, 0.25) is 0 Å². The lowest BCUT2D eigenvalue weighted by Gasteiger charge is -2.19. The molecule has 0 saturated heterocycles. The first-order chi connectivity index (χ1) is 9.30. The zero-order chi connectivity index (χ0) is 14.9. The number of hydrogen-bond acceptors (Lipinski definition) is 2. The molecule has 1 aromatic heterocycles. The molecule has 2 aromatic rings. The first-order valence-corrected chi connectivity index (χ1v) is 7.48. The van der Waals surface area contributed by atoms with Crippen molar-refractivity contribution in [3.05, 3.63) is 29.6 Å². The third-order valence-corrected chi connectivity index (χ3v) is 3.36. The molecule has 110 valence electrons. The molecule has 1 heterocycles. The van der Waals surface area contributed by atoms with E-state index >= 15 is 0 Å². The lowest BCUT2D eigenvalue weighted by atomic mass is 9.92. The molecule has 2 rings (SSSR count). The second kappa shape index (κ2) is 5.57. The highest BCUT2D eigenvalue weighted by Gasteiger charge is 2.18. The highest BCUT2D eigenvalue weighted by molar-refractivity contribution is 5.77. The Morgan fingerprint density at radius 3 is 2.50 bits per heavy atom. The minimum absolute atomic E-state index is 0.243. The van der Waals surface area contributed by atoms with E-state index in [0.717, 1.165) is 24.0 Å². The number of nitrogens with zero attached hydrogens (tertiary/aromatic N) is 2. The third-order valence-electron chi connectivity index (χ3n) is 3.36. The van der Waals surface area contributed by atoms with Gasteiger partial charge in [0.05, 0.1) is 11.0 Å². The molecule has 0 saturated carbocycles. The average molecular weight is 273 g/mol. The Morgan fingerprint density at radius 2 is 1.95 bits per heavy atom. The quantitative estimate of drug-likeness (QED) is 0.922. The minimum Gasteiger partial charge on any atom is -0.328 e. The average Bonchev–Trinajstić information content (AvgIpc) is 2.63. The minimum atomic E-state index is 0.243. The molecule has 20 heavy (non-hydrogen) atoms. The second-order valence-electron chi connectivity index (χ2n) is 7.30. The van der Waals surface area contributed by atoms with Gasteiger partial charge in [-0.25, -0.2) is 4.98 Å². The summed E-state index contributed by atoms with van der Waals surface area (Å²) in [6.45, 7) is 12.9. The maximum Gasteiger partial charge on any atom is 0.110 e. The molecular weight excluding hydrogens is 246 g/mol. The molecular formula is C17H27N3. The molecule has 0 aliphatic rings. The van der Waals surface area contributed by atoms with Crippen molar-refractivity contribution in [1.82, 2.24) is 9.55 Å². The normalized spacial score (nSPS) is 12.6. The fraction of sp³-hybridized carbons (Fsp3) is 0.588. The maximum absolute atomic E-state index is 5.73. The molecule has 0 bridgehead atoms. The standard InChI is InChI=1S/C17H27N3/c1-12(2)11-20-15-7-6-13(10-18)8-14(15)19-16(20)9-17(3,4)5/h6-8,12H,9-11,18H2,1-5H3. The van der Waals surface area contributed by atoms with E-state index in [9.17, 15) is 0 Å². The Bertz CT molecular complexity index is 588. The van der Waals surface area contributed by atoms with Crippen molar-refractivity contribution in [3.8, 4) is 0 Å². The Kier molecular flexibility index (Phi) is 4.19. The molecule has 2 N–H and O–H groups in total. The van der Waals surface area contributed by atoms with Gasteiger partial charge in [0, 0.05) is 19.5 Å². The van der Waals surface area contributed by atoms with Crippen LogP contribution in [0.5, 0.6) is 0 Å². The van der Waals surface area contributed by atoms with Crippen molar-refractivity contribution in [3.63, 3.8) is 0 Å². The molecule has 0 atom stereocenters. The van der Waals surface area contributed by atoms with Gasteiger partial charge in [-0.15, -0.1) is 0 Å². The van der Waals surface area contributed by atoms with Crippen LogP contribution >= 0.6 is 0 Å². The molecule has 0 fully saturated rings. The van der Waals surface area contributed by atoms with E-state index in [0.29, 0.717) is 12.5 Å². The summed E-state index contributed by atoms with van der Waals surface area (Å²) in [7, 11) is 0. The lowest BCUT2D eigenvalue weighted by Crippen LogP contribution is -2.16. The van der Waals surface area contributed by atoms with Crippen LogP contribution in [0.25, 0.3) is 11.0 Å². The summed E-state index contributed by atoms with van der Waals surface area (Å²) in [5.41, 5.74) is 9.43. The summed E-state index contributed by atoms with van der Waals surface area (Å²) in [4.78, 5) is 4.87. The number of imidazole rings is 1. The molecule has 3 nitrogen and oxygen atoms in total. The second-order valence-corrected chi connectivity index (χ2v) is 7.30. The molecule has 0 amide bonds. The molecule has 3 heteroatoms. The van der Waals surface area contributed by atoms with Crippen molar-refractivity contribution in [2.45, 2.75) is 54.1 Å². The zero-order valence-electron chi connectivity index (χ0n) is 13.4. The SMILES string of the molecule is CC(C)Cn1c(CC(C)(C)C)nc2cc(CN)ccc21. The van der Waals surface area contributed by atoms with Crippen molar-refractivity contribution >= 4 is 11.0 Å². The Hall–Kier alpha value is -1.35. The van der Waals surface area contributed by atoms with Crippen LogP contribution in [0.3, 0.4) is 0 Å². The van der Waals surface area contributed by atoms with Crippen molar-refractivity contribution in [2.75, 3.05) is 0 Å². The van der Waals surface area contributed by atoms with Crippen LogP contribution in [-0.4, -0.2) is 9.55 Å². The van der Waals surface area contributed by atoms with Gasteiger partial charge >= 0.3 is 0 Å². The van der Waals surface area contributed by atoms with Gasteiger partial charge in [-0.05, 0) is 29.0 Å². The summed E-state index contributed by atoms with van der Waals surface area (Å²) >= 11 is 0. The number of rotatable bonds is 4. The summed E-state index contributed by atoms with van der Waals surface area (Å²) in [6.07, 6.45) is 0.992. The lowest BCUT2D eigenvalue weighted by molar-refractivity contribution is 0.386. The van der Waals surface area contributed by atoms with Crippen LogP contribution in [0, 0.1) is 11.3 Å². The summed E-state index contributed by atoms with van der Waals surface area (Å²) < 4.78 is 2.38. The van der Waals surface area contributed by atoms with Crippen molar-refractivity contribution in [1.29, 1.82) is 0 Å². The van der Waals surface area contributed by atoms with E-state index in [2.05, 4.69) is 57.4 Å². The van der Waals surface area contributed by atoms with Gasteiger partial charge in [0.15, 0.2) is 0 Å². The first-order valence-electron chi connectivity index (χ1n) is 7.48. The van der Waals surface area contributed by atoms with Gasteiger partial charge in [-0.1, -0.05) is 40.7 Å². The Morgan fingerprint density at radius 1 is 1.25 bits per heavy atom. The maximum atomic E-state index is 5.73. The van der Waals surface area contributed by atoms with E-state index in [1.165, 1.54) is 11.3 Å². The van der Waals surface area contributed by atoms with Crippen LogP contribution in [0.4, 0.5) is 0 Å². The number of hydrogen-bond donors (Lipinski definition) is 1. The molecule has 0 radical (unpaired) electrons. The highest BCUT2D eigenvalue weighted by atomic mass is 15.1. The number of aromatic nitrogens is 2. The van der Waals surface area contributed by atoms with E-state index in [-0.39, 0.29) is 5.41 Å². The smallest absolute Gasteiger partial charge is 0.110 e. The largest absolute Gasteiger partial charge is 0.328 e. The van der Waals surface area contributed by atoms with Gasteiger partial charge in [-0.2, -0.15) is 0 Å². The molecule has 0 spiro atoms. The van der Waals surface area contributed by atoms with Crippen molar-refractivity contribution in [2.24, 2.45) is 17.1 Å². The molecule has 1 aromatic carbocycles. The van der Waals surface area contributed by atoms with Gasteiger partial charge in [0.1, 0.15) is 5.82 Å². The van der Waals surface area contributed by atoms with Crippen LogP contribution < -0.4 is 5.73 Å². The van der Waals surface area contributed by atoms with Gasteiger partial charge in [-0.3, -0.25) is 0 Å². The monoisotopic (exact) mass is 273 g/mol. The van der Waals surface area contributed by atoms with Crippen molar-refractivity contribution < 1.29 is 0 Å². The van der Waals surface area contributed by atoms with E-state index in [1.807, 2.05) is 0 Å². The summed E-state index contributed by atoms with van der Waals surface area (Å²) in [5, 5.41) is 0. The molecule has 0 aliphatic heterocycles. The number of benzene rings is 1. The van der Waals surface area contributed by atoms with E-state index < -0.39 is 0 Å². The fourth-order valence-electron chi connectivity index (χ4n) is 2.53. The van der Waals surface area contributed by atoms with E-state index in [4.69, 9.17) is 10.7 Å². The predicted molar refractivity (Wildman–Crippen MR) is 85.6 cm³/mol. The highest BCUT2D eigenvalue weighted by Crippen LogP contribution is 2.25. The van der Waals surface area contributed by atoms with Crippen LogP contribution in [0.1, 0.15) is 46.0 Å². The Balaban J connectivity index is 2.53. The first kappa shape index (κ1) is 15.0. The predicted octanol–water partition coefficient (Wildman–Crippen LogP) is 3.74. The third kappa shape index (κ3) is 3.40. The van der Waals surface area contributed by atoms with Gasteiger partial charge < -0.3 is 10.3 Å². The number of nitrogens with two attached hydrogens (primary N) is 1. The fourth-order valence-corrected chi connectivity index (χ4v) is 2.53.